The second kappa shape index (κ2) is 3.66. The first-order chi connectivity index (χ1) is 7.53. The van der Waals surface area contributed by atoms with Crippen LogP contribution in [0.3, 0.4) is 0 Å². The summed E-state index contributed by atoms with van der Waals surface area (Å²) in [4.78, 5) is 33.0. The smallest absolute Gasteiger partial charge is 0.274 e. The van der Waals surface area contributed by atoms with E-state index in [4.69, 9.17) is 0 Å². The molecule has 5 heteroatoms. The number of rotatable bonds is 1. The number of hydrogen-bond acceptors (Lipinski definition) is 4. The van der Waals surface area contributed by atoms with Crippen LogP contribution < -0.4 is 0 Å². The molecule has 2 heterocycles. The molecule has 0 atom stereocenters. The van der Waals surface area contributed by atoms with E-state index in [9.17, 15) is 9.59 Å². The van der Waals surface area contributed by atoms with Crippen LogP contribution in [0, 0.1) is 0 Å². The predicted molar refractivity (Wildman–Crippen MR) is 56.8 cm³/mol. The van der Waals surface area contributed by atoms with Gasteiger partial charge in [-0.25, -0.2) is 4.98 Å². The molecule has 0 bridgehead atoms. The fourth-order valence-corrected chi connectivity index (χ4v) is 1.85. The fourth-order valence-electron chi connectivity index (χ4n) is 1.85. The third kappa shape index (κ3) is 1.58. The van der Waals surface area contributed by atoms with E-state index in [1.807, 2.05) is 0 Å². The van der Waals surface area contributed by atoms with Gasteiger partial charge in [-0.2, -0.15) is 0 Å². The van der Waals surface area contributed by atoms with Gasteiger partial charge in [-0.1, -0.05) is 0 Å². The van der Waals surface area contributed by atoms with Crippen LogP contribution in [0.25, 0.3) is 0 Å². The van der Waals surface area contributed by atoms with Gasteiger partial charge in [0.1, 0.15) is 5.69 Å². The number of carbonyl (C=O) groups excluding carboxylic acids is 2. The Morgan fingerprint density at radius 1 is 1.44 bits per heavy atom. The third-order valence-electron chi connectivity index (χ3n) is 2.95. The molecule has 2 rings (SSSR count). The van der Waals surface area contributed by atoms with Gasteiger partial charge in [0.25, 0.3) is 5.91 Å². The molecule has 1 fully saturated rings. The maximum atomic E-state index is 12.1. The van der Waals surface area contributed by atoms with E-state index in [1.54, 1.807) is 18.7 Å². The summed E-state index contributed by atoms with van der Waals surface area (Å²) in [5.41, 5.74) is -0.445. The van der Waals surface area contributed by atoms with Crippen LogP contribution in [0.5, 0.6) is 0 Å². The summed E-state index contributed by atoms with van der Waals surface area (Å²) < 4.78 is 0. The highest BCUT2D eigenvalue weighted by Gasteiger charge is 2.43. The van der Waals surface area contributed by atoms with Crippen LogP contribution in [-0.4, -0.2) is 38.6 Å². The van der Waals surface area contributed by atoms with E-state index in [-0.39, 0.29) is 17.4 Å². The van der Waals surface area contributed by atoms with Crippen molar-refractivity contribution in [3.05, 3.63) is 24.3 Å². The molecule has 0 aliphatic carbocycles. The van der Waals surface area contributed by atoms with Crippen LogP contribution in [-0.2, 0) is 4.79 Å². The summed E-state index contributed by atoms with van der Waals surface area (Å²) in [5, 5.41) is 0. The number of ketones is 1. The Hall–Kier alpha value is -1.78. The van der Waals surface area contributed by atoms with E-state index >= 15 is 0 Å². The van der Waals surface area contributed by atoms with Crippen molar-refractivity contribution in [2.75, 3.05) is 6.54 Å². The van der Waals surface area contributed by atoms with Crippen LogP contribution in [0.1, 0.15) is 30.8 Å². The Morgan fingerprint density at radius 3 is 2.69 bits per heavy atom. The van der Waals surface area contributed by atoms with Crippen molar-refractivity contribution in [3.8, 4) is 0 Å². The highest BCUT2D eigenvalue weighted by atomic mass is 16.2. The summed E-state index contributed by atoms with van der Waals surface area (Å²) in [7, 11) is 0. The molecule has 5 nitrogen and oxygen atoms in total. The minimum absolute atomic E-state index is 0.0877. The zero-order valence-electron chi connectivity index (χ0n) is 9.30. The summed E-state index contributed by atoms with van der Waals surface area (Å²) in [6.45, 7) is 3.98. The lowest BCUT2D eigenvalue weighted by molar-refractivity contribution is -0.123. The molecule has 16 heavy (non-hydrogen) atoms. The van der Waals surface area contributed by atoms with Gasteiger partial charge in [-0.05, 0) is 13.8 Å². The second-order valence-electron chi connectivity index (χ2n) is 4.28. The van der Waals surface area contributed by atoms with Crippen molar-refractivity contribution in [1.29, 1.82) is 0 Å². The van der Waals surface area contributed by atoms with Gasteiger partial charge in [0.05, 0.1) is 11.7 Å². The van der Waals surface area contributed by atoms with Gasteiger partial charge >= 0.3 is 0 Å². The first-order valence-corrected chi connectivity index (χ1v) is 5.15. The topological polar surface area (TPSA) is 63.2 Å². The number of carbonyl (C=O) groups is 2. The van der Waals surface area contributed by atoms with Gasteiger partial charge in [-0.3, -0.25) is 14.6 Å². The molecule has 0 unspecified atom stereocenters. The van der Waals surface area contributed by atoms with Crippen LogP contribution in [0.2, 0.25) is 0 Å². The molecule has 0 spiro atoms. The molecule has 0 saturated carbocycles. The molecular formula is C11H13N3O2. The van der Waals surface area contributed by atoms with E-state index < -0.39 is 5.54 Å². The summed E-state index contributed by atoms with van der Waals surface area (Å²) in [6.07, 6.45) is 4.81. The molecule has 1 amide bonds. The van der Waals surface area contributed by atoms with Crippen LogP contribution >= 0.6 is 0 Å². The van der Waals surface area contributed by atoms with Crippen LogP contribution in [0.4, 0.5) is 0 Å². The highest BCUT2D eigenvalue weighted by Crippen LogP contribution is 2.26. The standard InChI is InChI=1S/C11H13N3O2/c1-11(2)9(15)3-6-14(11)10(16)8-7-12-4-5-13-8/h4-5,7H,3,6H2,1-2H3. The Labute approximate surface area is 93.5 Å². The van der Waals surface area contributed by atoms with E-state index in [0.29, 0.717) is 13.0 Å². The molecule has 1 saturated heterocycles. The molecule has 1 aromatic heterocycles. The fraction of sp³-hybridized carbons (Fsp3) is 0.455. The zero-order chi connectivity index (χ0) is 11.8. The zero-order valence-corrected chi connectivity index (χ0v) is 9.30. The molecular weight excluding hydrogens is 206 g/mol. The average molecular weight is 219 g/mol. The van der Waals surface area contributed by atoms with Crippen molar-refractivity contribution < 1.29 is 9.59 Å². The predicted octanol–water partition coefficient (Wildman–Crippen LogP) is 0.670. The number of aromatic nitrogens is 2. The third-order valence-corrected chi connectivity index (χ3v) is 2.95. The lowest BCUT2D eigenvalue weighted by Crippen LogP contribution is -2.46. The lowest BCUT2D eigenvalue weighted by atomic mass is 10.0. The van der Waals surface area contributed by atoms with Crippen molar-refractivity contribution in [2.24, 2.45) is 0 Å². The van der Waals surface area contributed by atoms with Crippen molar-refractivity contribution >= 4 is 11.7 Å². The Kier molecular flexibility index (Phi) is 2.46. The molecule has 0 radical (unpaired) electrons. The second-order valence-corrected chi connectivity index (χ2v) is 4.28. The number of amides is 1. The highest BCUT2D eigenvalue weighted by molar-refractivity contribution is 6.00. The van der Waals surface area contributed by atoms with Gasteiger partial charge in [-0.15, -0.1) is 0 Å². The molecule has 0 aromatic carbocycles. The van der Waals surface area contributed by atoms with Crippen molar-refractivity contribution in [2.45, 2.75) is 25.8 Å². The van der Waals surface area contributed by atoms with E-state index in [0.717, 1.165) is 0 Å². The molecule has 84 valence electrons. The minimum Gasteiger partial charge on any atom is -0.325 e. The molecule has 1 aliphatic rings. The molecule has 0 N–H and O–H groups in total. The Balaban J connectivity index is 2.28. The minimum atomic E-state index is -0.728. The largest absolute Gasteiger partial charge is 0.325 e. The average Bonchev–Trinajstić information content (AvgIpc) is 2.54. The van der Waals surface area contributed by atoms with Gasteiger partial charge < -0.3 is 4.90 Å². The Morgan fingerprint density at radius 2 is 2.19 bits per heavy atom. The monoisotopic (exact) mass is 219 g/mol. The first kappa shape index (κ1) is 10.7. The lowest BCUT2D eigenvalue weighted by Gasteiger charge is -2.29. The molecule has 1 aromatic rings. The summed E-state index contributed by atoms with van der Waals surface area (Å²) in [5.74, 6) is -0.145. The van der Waals surface area contributed by atoms with E-state index in [2.05, 4.69) is 9.97 Å². The van der Waals surface area contributed by atoms with Crippen LogP contribution in [0.15, 0.2) is 18.6 Å². The van der Waals surface area contributed by atoms with Crippen molar-refractivity contribution in [3.63, 3.8) is 0 Å². The number of likely N-dealkylation sites (tertiary alicyclic amines) is 1. The summed E-state index contributed by atoms with van der Waals surface area (Å²) in [6, 6.07) is 0. The van der Waals surface area contributed by atoms with Crippen molar-refractivity contribution in [1.82, 2.24) is 14.9 Å². The first-order valence-electron chi connectivity index (χ1n) is 5.15. The Bertz CT molecular complexity index is 428. The number of nitrogens with zero attached hydrogens (tertiary/aromatic N) is 3. The number of hydrogen-bond donors (Lipinski definition) is 0. The SMILES string of the molecule is CC1(C)C(=O)CCN1C(=O)c1cnccn1. The number of Topliss-reactive ketones (excluding diaryl/α,β-unsaturated/α-hetero) is 1. The quantitative estimate of drug-likeness (QED) is 0.696. The normalized spacial score (nSPS) is 18.9. The van der Waals surface area contributed by atoms with Gasteiger partial charge in [0.2, 0.25) is 0 Å². The van der Waals surface area contributed by atoms with Gasteiger partial charge in [0.15, 0.2) is 5.78 Å². The maximum Gasteiger partial charge on any atom is 0.274 e. The van der Waals surface area contributed by atoms with E-state index in [1.165, 1.54) is 18.6 Å². The maximum absolute atomic E-state index is 12.1. The van der Waals surface area contributed by atoms with Gasteiger partial charge in [0, 0.05) is 25.4 Å². The summed E-state index contributed by atoms with van der Waals surface area (Å²) >= 11 is 0. The molecule has 1 aliphatic heterocycles.